The third-order valence-corrected chi connectivity index (χ3v) is 6.91. The average molecular weight is 554 g/mol. The fourth-order valence-electron chi connectivity index (χ4n) is 4.20. The lowest BCUT2D eigenvalue weighted by Gasteiger charge is -2.31. The van der Waals surface area contributed by atoms with Gasteiger partial charge in [0.05, 0.1) is 25.3 Å². The summed E-state index contributed by atoms with van der Waals surface area (Å²) in [5.41, 5.74) is 1.56. The Morgan fingerprint density at radius 2 is 1.64 bits per heavy atom. The second-order valence-electron chi connectivity index (χ2n) is 8.91. The summed E-state index contributed by atoms with van der Waals surface area (Å²) in [6, 6.07) is 21.0. The van der Waals surface area contributed by atoms with Gasteiger partial charge < -0.3 is 19.0 Å². The van der Waals surface area contributed by atoms with Gasteiger partial charge in [0.25, 0.3) is 5.91 Å². The molecule has 1 aliphatic rings. The predicted molar refractivity (Wildman–Crippen MR) is 141 cm³/mol. The number of ether oxygens (including phenoxy) is 1. The number of hydrogen-bond acceptors (Lipinski definition) is 5. The number of nitrogens with zero attached hydrogens (tertiary/aromatic N) is 3. The van der Waals surface area contributed by atoms with Crippen molar-refractivity contribution in [3.63, 3.8) is 0 Å². The molecule has 36 heavy (non-hydrogen) atoms. The minimum Gasteiger partial charge on any atom is -0.464 e. The van der Waals surface area contributed by atoms with Gasteiger partial charge in [0, 0.05) is 37.2 Å². The Balaban J connectivity index is 1.53. The van der Waals surface area contributed by atoms with Gasteiger partial charge in [-0.3, -0.25) is 14.5 Å². The van der Waals surface area contributed by atoms with Crippen molar-refractivity contribution in [2.24, 2.45) is 0 Å². The van der Waals surface area contributed by atoms with Crippen molar-refractivity contribution in [3.8, 4) is 0 Å². The molecule has 1 aromatic heterocycles. The molecule has 0 N–H and O–H groups in total. The highest BCUT2D eigenvalue weighted by Crippen LogP contribution is 2.19. The molecule has 2 heterocycles. The molecule has 4 rings (SSSR count). The molecule has 190 valence electrons. The maximum Gasteiger partial charge on any atom is 0.255 e. The standard InChI is InChI=1S/C28H32BrN3O4/c1-22-11-12-24(36-22)20-32(19-23-7-3-2-4-8-23)27(33)21-31(14-13-30-15-17-35-18-16-30)28(34)25-9-5-6-10-26(25)29/h2-12H,13-21H2,1H3. The van der Waals surface area contributed by atoms with Crippen LogP contribution in [0.4, 0.5) is 0 Å². The molecule has 0 unspecified atom stereocenters. The van der Waals surface area contributed by atoms with Crippen LogP contribution in [-0.2, 0) is 22.6 Å². The van der Waals surface area contributed by atoms with Crippen molar-refractivity contribution in [1.82, 2.24) is 14.7 Å². The molecule has 0 aliphatic carbocycles. The van der Waals surface area contributed by atoms with E-state index >= 15 is 0 Å². The lowest BCUT2D eigenvalue weighted by molar-refractivity contribution is -0.133. The highest BCUT2D eigenvalue weighted by molar-refractivity contribution is 9.10. The summed E-state index contributed by atoms with van der Waals surface area (Å²) >= 11 is 3.50. The van der Waals surface area contributed by atoms with E-state index in [1.54, 1.807) is 15.9 Å². The van der Waals surface area contributed by atoms with Gasteiger partial charge in [0.1, 0.15) is 18.1 Å². The lowest BCUT2D eigenvalue weighted by Crippen LogP contribution is -2.47. The number of carbonyl (C=O) groups excluding carboxylic acids is 2. The molecular formula is C28H32BrN3O4. The van der Waals surface area contributed by atoms with E-state index in [4.69, 9.17) is 9.15 Å². The monoisotopic (exact) mass is 553 g/mol. The number of halogens is 1. The molecule has 0 radical (unpaired) electrons. The predicted octanol–water partition coefficient (Wildman–Crippen LogP) is 4.35. The van der Waals surface area contributed by atoms with Crippen molar-refractivity contribution in [2.45, 2.75) is 20.0 Å². The SMILES string of the molecule is Cc1ccc(CN(Cc2ccccc2)C(=O)CN(CCN2CCOCC2)C(=O)c2ccccc2Br)o1. The van der Waals surface area contributed by atoms with Crippen LogP contribution in [0.1, 0.15) is 27.4 Å². The first-order valence-corrected chi connectivity index (χ1v) is 13.0. The van der Waals surface area contributed by atoms with Gasteiger partial charge in [-0.25, -0.2) is 0 Å². The van der Waals surface area contributed by atoms with E-state index in [1.165, 1.54) is 0 Å². The van der Waals surface area contributed by atoms with Crippen LogP contribution >= 0.6 is 15.9 Å². The molecule has 7 nitrogen and oxygen atoms in total. The Kier molecular flexibility index (Phi) is 9.33. The summed E-state index contributed by atoms with van der Waals surface area (Å²) in [5, 5.41) is 0. The number of furan rings is 1. The second kappa shape index (κ2) is 12.9. The van der Waals surface area contributed by atoms with E-state index in [0.29, 0.717) is 55.2 Å². The number of morpholine rings is 1. The molecule has 0 saturated carbocycles. The first kappa shape index (κ1) is 26.1. The van der Waals surface area contributed by atoms with Gasteiger partial charge in [-0.1, -0.05) is 42.5 Å². The third-order valence-electron chi connectivity index (χ3n) is 6.22. The minimum atomic E-state index is -0.169. The number of aryl methyl sites for hydroxylation is 1. The van der Waals surface area contributed by atoms with E-state index in [-0.39, 0.29) is 18.4 Å². The summed E-state index contributed by atoms with van der Waals surface area (Å²) in [5.74, 6) is 1.22. The minimum absolute atomic E-state index is 0.0168. The average Bonchev–Trinajstić information content (AvgIpc) is 3.31. The molecule has 3 aromatic rings. The fraction of sp³-hybridized carbons (Fsp3) is 0.357. The normalized spacial score (nSPS) is 13.9. The molecule has 2 aromatic carbocycles. The number of hydrogen-bond donors (Lipinski definition) is 0. The smallest absolute Gasteiger partial charge is 0.255 e. The van der Waals surface area contributed by atoms with Crippen LogP contribution in [0.3, 0.4) is 0 Å². The van der Waals surface area contributed by atoms with E-state index in [0.717, 1.165) is 24.4 Å². The first-order valence-electron chi connectivity index (χ1n) is 12.2. The topological polar surface area (TPSA) is 66.2 Å². The highest BCUT2D eigenvalue weighted by atomic mass is 79.9. The van der Waals surface area contributed by atoms with Crippen molar-refractivity contribution in [1.29, 1.82) is 0 Å². The number of amides is 2. The van der Waals surface area contributed by atoms with Crippen LogP contribution in [0.5, 0.6) is 0 Å². The Morgan fingerprint density at radius 1 is 0.917 bits per heavy atom. The summed E-state index contributed by atoms with van der Waals surface area (Å²) in [7, 11) is 0. The largest absolute Gasteiger partial charge is 0.464 e. The Morgan fingerprint density at radius 3 is 2.33 bits per heavy atom. The van der Waals surface area contributed by atoms with Crippen molar-refractivity contribution in [3.05, 3.63) is 93.9 Å². The lowest BCUT2D eigenvalue weighted by atomic mass is 10.2. The number of benzene rings is 2. The molecule has 1 aliphatic heterocycles. The zero-order valence-electron chi connectivity index (χ0n) is 20.6. The van der Waals surface area contributed by atoms with Crippen LogP contribution in [0.25, 0.3) is 0 Å². The van der Waals surface area contributed by atoms with Crippen molar-refractivity contribution >= 4 is 27.7 Å². The van der Waals surface area contributed by atoms with Crippen molar-refractivity contribution < 1.29 is 18.7 Å². The highest BCUT2D eigenvalue weighted by Gasteiger charge is 2.25. The Hall–Kier alpha value is -2.94. The summed E-state index contributed by atoms with van der Waals surface area (Å²) in [6.07, 6.45) is 0. The molecule has 1 fully saturated rings. The van der Waals surface area contributed by atoms with Crippen LogP contribution in [-0.4, -0.2) is 72.5 Å². The van der Waals surface area contributed by atoms with Crippen LogP contribution in [0.15, 0.2) is 75.6 Å². The van der Waals surface area contributed by atoms with Gasteiger partial charge >= 0.3 is 0 Å². The molecule has 8 heteroatoms. The van der Waals surface area contributed by atoms with Crippen LogP contribution in [0, 0.1) is 6.92 Å². The fourth-order valence-corrected chi connectivity index (χ4v) is 4.66. The molecular weight excluding hydrogens is 522 g/mol. The maximum absolute atomic E-state index is 13.7. The summed E-state index contributed by atoms with van der Waals surface area (Å²) in [6.45, 7) is 6.78. The van der Waals surface area contributed by atoms with Gasteiger partial charge in [0.15, 0.2) is 0 Å². The second-order valence-corrected chi connectivity index (χ2v) is 9.76. The molecule has 2 amide bonds. The molecule has 0 spiro atoms. The van der Waals surface area contributed by atoms with Gasteiger partial charge in [0.2, 0.25) is 5.91 Å². The van der Waals surface area contributed by atoms with Crippen LogP contribution < -0.4 is 0 Å². The van der Waals surface area contributed by atoms with Gasteiger partial charge in [-0.05, 0) is 52.7 Å². The van der Waals surface area contributed by atoms with Crippen LogP contribution in [0.2, 0.25) is 0 Å². The van der Waals surface area contributed by atoms with E-state index < -0.39 is 0 Å². The van der Waals surface area contributed by atoms with Crippen molar-refractivity contribution in [2.75, 3.05) is 45.9 Å². The van der Waals surface area contributed by atoms with Gasteiger partial charge in [-0.2, -0.15) is 0 Å². The quantitative estimate of drug-likeness (QED) is 0.373. The molecule has 0 bridgehead atoms. The summed E-state index contributed by atoms with van der Waals surface area (Å²) < 4.78 is 11.9. The van der Waals surface area contributed by atoms with E-state index in [2.05, 4.69) is 20.8 Å². The molecule has 0 atom stereocenters. The zero-order valence-corrected chi connectivity index (χ0v) is 22.2. The first-order chi connectivity index (χ1) is 17.5. The maximum atomic E-state index is 13.7. The Bertz CT molecular complexity index is 1140. The van der Waals surface area contributed by atoms with Gasteiger partial charge in [-0.15, -0.1) is 0 Å². The van der Waals surface area contributed by atoms with E-state index in [1.807, 2.05) is 67.6 Å². The number of rotatable bonds is 10. The zero-order chi connectivity index (χ0) is 25.3. The Labute approximate surface area is 220 Å². The number of carbonyl (C=O) groups is 2. The third kappa shape index (κ3) is 7.29. The van der Waals surface area contributed by atoms with E-state index in [9.17, 15) is 9.59 Å². The molecule has 1 saturated heterocycles. The summed E-state index contributed by atoms with van der Waals surface area (Å²) in [4.78, 5) is 32.9.